The summed E-state index contributed by atoms with van der Waals surface area (Å²) in [5.74, 6) is -0.435. The third-order valence-electron chi connectivity index (χ3n) is 2.65. The number of halogens is 1. The number of hydrogen-bond donors (Lipinski definition) is 1. The molecule has 0 bridgehead atoms. The van der Waals surface area contributed by atoms with Crippen LogP contribution in [0.3, 0.4) is 0 Å². The van der Waals surface area contributed by atoms with Crippen LogP contribution in [0.5, 0.6) is 0 Å². The fourth-order valence-electron chi connectivity index (χ4n) is 1.75. The number of aromatic nitrogens is 2. The van der Waals surface area contributed by atoms with Crippen LogP contribution in [0.25, 0.3) is 11.1 Å². The molecule has 2 rings (SSSR count). The third-order valence-corrected chi connectivity index (χ3v) is 3.56. The summed E-state index contributed by atoms with van der Waals surface area (Å²) in [5.41, 5.74) is 8.20. The second-order valence-electron chi connectivity index (χ2n) is 3.98. The molecule has 1 aromatic heterocycles. The van der Waals surface area contributed by atoms with E-state index in [1.54, 1.807) is 30.8 Å². The minimum atomic E-state index is -0.435. The Morgan fingerprint density at radius 2 is 2.05 bits per heavy atom. The molecule has 0 unspecified atom stereocenters. The number of nitrogen functional groups attached to an aromatic ring is 1. The number of benzene rings is 1. The standard InChI is InChI=1S/C13H14BrN3O2/c1-3-19-13(18)11-10(12(14)17(2)16-11)8-4-6-9(15)7-5-8/h4-7H,3,15H2,1-2H3. The molecule has 1 heterocycles. The Morgan fingerprint density at radius 1 is 1.42 bits per heavy atom. The maximum absolute atomic E-state index is 11.9. The van der Waals surface area contributed by atoms with Gasteiger partial charge < -0.3 is 10.5 Å². The van der Waals surface area contributed by atoms with Crippen LogP contribution in [-0.4, -0.2) is 22.4 Å². The molecule has 100 valence electrons. The van der Waals surface area contributed by atoms with Gasteiger partial charge in [-0.15, -0.1) is 0 Å². The van der Waals surface area contributed by atoms with E-state index in [-0.39, 0.29) is 0 Å². The molecular formula is C13H14BrN3O2. The number of nitrogens with two attached hydrogens (primary N) is 1. The molecule has 6 heteroatoms. The summed E-state index contributed by atoms with van der Waals surface area (Å²) < 4.78 is 7.34. The summed E-state index contributed by atoms with van der Waals surface area (Å²) in [6.45, 7) is 2.08. The molecule has 0 aliphatic rings. The molecular weight excluding hydrogens is 310 g/mol. The van der Waals surface area contributed by atoms with Gasteiger partial charge in [-0.05, 0) is 40.5 Å². The van der Waals surface area contributed by atoms with E-state index in [0.717, 1.165) is 10.2 Å². The fraction of sp³-hybridized carbons (Fsp3) is 0.231. The first kappa shape index (κ1) is 13.6. The summed E-state index contributed by atoms with van der Waals surface area (Å²) in [4.78, 5) is 11.9. The summed E-state index contributed by atoms with van der Waals surface area (Å²) in [6.07, 6.45) is 0. The zero-order valence-electron chi connectivity index (χ0n) is 10.7. The zero-order valence-corrected chi connectivity index (χ0v) is 12.3. The minimum absolute atomic E-state index is 0.293. The Hall–Kier alpha value is -1.82. The number of esters is 1. The molecule has 0 aliphatic carbocycles. The van der Waals surface area contributed by atoms with Crippen molar-refractivity contribution >= 4 is 27.6 Å². The van der Waals surface area contributed by atoms with E-state index in [1.165, 1.54) is 0 Å². The van der Waals surface area contributed by atoms with Gasteiger partial charge in [0.05, 0.1) is 6.61 Å². The smallest absolute Gasteiger partial charge is 0.359 e. The van der Waals surface area contributed by atoms with Crippen LogP contribution in [0.4, 0.5) is 5.69 Å². The quantitative estimate of drug-likeness (QED) is 0.696. The van der Waals surface area contributed by atoms with Crippen molar-refractivity contribution < 1.29 is 9.53 Å². The number of aryl methyl sites for hydroxylation is 1. The molecule has 0 atom stereocenters. The highest BCUT2D eigenvalue weighted by atomic mass is 79.9. The van der Waals surface area contributed by atoms with Crippen molar-refractivity contribution in [1.82, 2.24) is 9.78 Å². The topological polar surface area (TPSA) is 70.1 Å². The van der Waals surface area contributed by atoms with E-state index in [2.05, 4.69) is 21.0 Å². The average molecular weight is 324 g/mol. The van der Waals surface area contributed by atoms with E-state index >= 15 is 0 Å². The van der Waals surface area contributed by atoms with Crippen molar-refractivity contribution in [3.63, 3.8) is 0 Å². The Bertz CT molecular complexity index is 605. The van der Waals surface area contributed by atoms with Crippen LogP contribution < -0.4 is 5.73 Å². The lowest BCUT2D eigenvalue weighted by Gasteiger charge is -2.04. The van der Waals surface area contributed by atoms with E-state index in [0.29, 0.717) is 23.6 Å². The van der Waals surface area contributed by atoms with Gasteiger partial charge in [0.1, 0.15) is 4.60 Å². The van der Waals surface area contributed by atoms with E-state index in [1.807, 2.05) is 12.1 Å². The van der Waals surface area contributed by atoms with Crippen molar-refractivity contribution in [3.8, 4) is 11.1 Å². The van der Waals surface area contributed by atoms with Crippen LogP contribution >= 0.6 is 15.9 Å². The van der Waals surface area contributed by atoms with Crippen molar-refractivity contribution in [3.05, 3.63) is 34.6 Å². The Morgan fingerprint density at radius 3 is 2.63 bits per heavy atom. The monoisotopic (exact) mass is 323 g/mol. The van der Waals surface area contributed by atoms with Gasteiger partial charge in [-0.2, -0.15) is 5.10 Å². The lowest BCUT2D eigenvalue weighted by molar-refractivity contribution is 0.0519. The lowest BCUT2D eigenvalue weighted by atomic mass is 10.1. The summed E-state index contributed by atoms with van der Waals surface area (Å²) >= 11 is 3.44. The van der Waals surface area contributed by atoms with Gasteiger partial charge in [0.25, 0.3) is 0 Å². The second-order valence-corrected chi connectivity index (χ2v) is 4.73. The van der Waals surface area contributed by atoms with E-state index in [9.17, 15) is 4.79 Å². The number of carbonyl (C=O) groups is 1. The lowest BCUT2D eigenvalue weighted by Crippen LogP contribution is -2.07. The van der Waals surface area contributed by atoms with Crippen LogP contribution in [0.2, 0.25) is 0 Å². The van der Waals surface area contributed by atoms with Gasteiger partial charge in [0.15, 0.2) is 5.69 Å². The van der Waals surface area contributed by atoms with Crippen LogP contribution in [-0.2, 0) is 11.8 Å². The van der Waals surface area contributed by atoms with Crippen LogP contribution in [0, 0.1) is 0 Å². The fourth-order valence-corrected chi connectivity index (χ4v) is 2.25. The van der Waals surface area contributed by atoms with Crippen molar-refractivity contribution in [2.24, 2.45) is 7.05 Å². The maximum Gasteiger partial charge on any atom is 0.359 e. The van der Waals surface area contributed by atoms with E-state index < -0.39 is 5.97 Å². The molecule has 0 spiro atoms. The highest BCUT2D eigenvalue weighted by Crippen LogP contribution is 2.32. The zero-order chi connectivity index (χ0) is 14.0. The van der Waals surface area contributed by atoms with Gasteiger partial charge in [-0.3, -0.25) is 4.68 Å². The molecule has 0 aliphatic heterocycles. The molecule has 2 N–H and O–H groups in total. The molecule has 5 nitrogen and oxygen atoms in total. The van der Waals surface area contributed by atoms with E-state index in [4.69, 9.17) is 10.5 Å². The maximum atomic E-state index is 11.9. The number of hydrogen-bond acceptors (Lipinski definition) is 4. The average Bonchev–Trinajstić information content (AvgIpc) is 2.68. The van der Waals surface area contributed by atoms with Gasteiger partial charge >= 0.3 is 5.97 Å². The number of anilines is 1. The number of ether oxygens (including phenoxy) is 1. The molecule has 0 radical (unpaired) electrons. The number of nitrogens with zero attached hydrogens (tertiary/aromatic N) is 2. The minimum Gasteiger partial charge on any atom is -0.461 e. The van der Waals surface area contributed by atoms with Crippen LogP contribution in [0.1, 0.15) is 17.4 Å². The van der Waals surface area contributed by atoms with Crippen molar-refractivity contribution in [2.75, 3.05) is 12.3 Å². The molecule has 0 fully saturated rings. The molecule has 0 saturated heterocycles. The first-order valence-electron chi connectivity index (χ1n) is 5.80. The first-order valence-corrected chi connectivity index (χ1v) is 6.59. The van der Waals surface area contributed by atoms with Crippen molar-refractivity contribution in [1.29, 1.82) is 0 Å². The highest BCUT2D eigenvalue weighted by molar-refractivity contribution is 9.10. The predicted octanol–water partition coefficient (Wildman–Crippen LogP) is 2.61. The largest absolute Gasteiger partial charge is 0.461 e. The molecule has 0 saturated carbocycles. The van der Waals surface area contributed by atoms with Crippen LogP contribution in [0.15, 0.2) is 28.9 Å². The number of carbonyl (C=O) groups excluding carboxylic acids is 1. The molecule has 0 amide bonds. The van der Waals surface area contributed by atoms with Gasteiger partial charge in [0.2, 0.25) is 0 Å². The van der Waals surface area contributed by atoms with Gasteiger partial charge in [-0.1, -0.05) is 12.1 Å². The van der Waals surface area contributed by atoms with Gasteiger partial charge in [-0.25, -0.2) is 4.79 Å². The number of rotatable bonds is 3. The summed E-state index contributed by atoms with van der Waals surface area (Å²) in [6, 6.07) is 7.26. The highest BCUT2D eigenvalue weighted by Gasteiger charge is 2.22. The Balaban J connectivity index is 2.55. The third kappa shape index (κ3) is 2.63. The Labute approximate surface area is 119 Å². The van der Waals surface area contributed by atoms with Gasteiger partial charge in [0, 0.05) is 18.3 Å². The first-order chi connectivity index (χ1) is 9.04. The molecule has 19 heavy (non-hydrogen) atoms. The summed E-state index contributed by atoms with van der Waals surface area (Å²) in [7, 11) is 1.76. The second kappa shape index (κ2) is 5.44. The normalized spacial score (nSPS) is 10.5. The predicted molar refractivity (Wildman–Crippen MR) is 76.7 cm³/mol. The summed E-state index contributed by atoms with van der Waals surface area (Å²) in [5, 5.41) is 4.19. The Kier molecular flexibility index (Phi) is 3.90. The molecule has 1 aromatic carbocycles. The SMILES string of the molecule is CCOC(=O)c1nn(C)c(Br)c1-c1ccc(N)cc1. The molecule has 2 aromatic rings. The van der Waals surface area contributed by atoms with Crippen molar-refractivity contribution in [2.45, 2.75) is 6.92 Å².